The first-order valence-corrected chi connectivity index (χ1v) is 10.00. The summed E-state index contributed by atoms with van der Waals surface area (Å²) in [5, 5.41) is 1.73. The molecule has 0 spiro atoms. The van der Waals surface area contributed by atoms with Gasteiger partial charge >= 0.3 is 4.87 Å². The van der Waals surface area contributed by atoms with Crippen LogP contribution in [0.4, 0.5) is 5.69 Å². The number of ether oxygens (including phenoxy) is 2. The number of anilines is 1. The molecule has 1 unspecified atom stereocenters. The first-order chi connectivity index (χ1) is 13.5. The Balaban J connectivity index is 1.59. The lowest BCUT2D eigenvalue weighted by molar-refractivity contribution is -0.142. The van der Waals surface area contributed by atoms with Gasteiger partial charge in [-0.25, -0.2) is 0 Å². The van der Waals surface area contributed by atoms with Crippen LogP contribution in [0.25, 0.3) is 0 Å². The summed E-state index contributed by atoms with van der Waals surface area (Å²) in [4.78, 5) is 41.0. The number of rotatable bonds is 3. The van der Waals surface area contributed by atoms with Crippen molar-refractivity contribution in [2.75, 3.05) is 37.7 Å². The molecule has 1 saturated heterocycles. The third-order valence-corrected chi connectivity index (χ3v) is 5.82. The van der Waals surface area contributed by atoms with Gasteiger partial charge in [0.2, 0.25) is 5.91 Å². The predicted molar refractivity (Wildman–Crippen MR) is 104 cm³/mol. The zero-order valence-electron chi connectivity index (χ0n) is 15.5. The highest BCUT2D eigenvalue weighted by atomic mass is 32.1. The van der Waals surface area contributed by atoms with Gasteiger partial charge in [-0.2, -0.15) is 0 Å². The van der Waals surface area contributed by atoms with Crippen LogP contribution < -0.4 is 14.5 Å². The number of aromatic nitrogens is 1. The van der Waals surface area contributed by atoms with Crippen LogP contribution in [0.3, 0.4) is 0 Å². The molecule has 0 bridgehead atoms. The number of morpholine rings is 1. The molecule has 9 heteroatoms. The molecule has 0 saturated carbocycles. The summed E-state index contributed by atoms with van der Waals surface area (Å²) < 4.78 is 12.7. The van der Waals surface area contributed by atoms with Crippen LogP contribution >= 0.6 is 11.3 Å². The number of para-hydroxylation sites is 2. The highest BCUT2D eigenvalue weighted by Gasteiger charge is 2.36. The van der Waals surface area contributed by atoms with Crippen LogP contribution in [0.15, 0.2) is 34.4 Å². The molecule has 1 fully saturated rings. The van der Waals surface area contributed by atoms with E-state index in [1.54, 1.807) is 40.3 Å². The van der Waals surface area contributed by atoms with Crippen LogP contribution in [-0.2, 0) is 20.9 Å². The van der Waals surface area contributed by atoms with Crippen molar-refractivity contribution in [1.29, 1.82) is 0 Å². The summed E-state index contributed by atoms with van der Waals surface area (Å²) in [7, 11) is 0. The maximum Gasteiger partial charge on any atom is 0.307 e. The number of amides is 2. The van der Waals surface area contributed by atoms with Crippen LogP contribution in [0, 0.1) is 6.92 Å². The van der Waals surface area contributed by atoms with Gasteiger partial charge in [0.15, 0.2) is 6.10 Å². The van der Waals surface area contributed by atoms with Crippen molar-refractivity contribution in [2.45, 2.75) is 19.6 Å². The second-order valence-corrected chi connectivity index (χ2v) is 7.57. The fourth-order valence-corrected chi connectivity index (χ4v) is 4.14. The van der Waals surface area contributed by atoms with Crippen molar-refractivity contribution < 1.29 is 19.1 Å². The van der Waals surface area contributed by atoms with E-state index in [1.165, 1.54) is 4.57 Å². The van der Waals surface area contributed by atoms with E-state index in [2.05, 4.69) is 0 Å². The van der Waals surface area contributed by atoms with Crippen molar-refractivity contribution in [3.05, 3.63) is 45.0 Å². The standard InChI is InChI=1S/C19H21N3O5S/c1-13-12-28-19(25)21(13)11-17(23)22-10-16(18(24)20-6-8-26-9-7-20)27-15-5-3-2-4-14(15)22/h2-5,12,16H,6-11H2,1H3. The maximum atomic E-state index is 13.0. The number of hydrogen-bond acceptors (Lipinski definition) is 6. The molecule has 2 aliphatic heterocycles. The molecule has 2 amide bonds. The lowest BCUT2D eigenvalue weighted by atomic mass is 10.1. The number of nitrogens with zero attached hydrogens (tertiary/aromatic N) is 3. The second kappa shape index (κ2) is 7.76. The molecule has 0 aliphatic carbocycles. The van der Waals surface area contributed by atoms with Crippen LogP contribution in [0.2, 0.25) is 0 Å². The zero-order valence-corrected chi connectivity index (χ0v) is 16.3. The average Bonchev–Trinajstić information content (AvgIpc) is 3.05. The van der Waals surface area contributed by atoms with E-state index in [9.17, 15) is 14.4 Å². The molecular weight excluding hydrogens is 382 g/mol. The smallest absolute Gasteiger partial charge is 0.307 e. The van der Waals surface area contributed by atoms with Crippen LogP contribution in [0.5, 0.6) is 5.75 Å². The SMILES string of the molecule is Cc1csc(=O)n1CC(=O)N1CC(C(=O)N2CCOCC2)Oc2ccccc21. The highest BCUT2D eigenvalue weighted by Crippen LogP contribution is 2.33. The van der Waals surface area contributed by atoms with Gasteiger partial charge < -0.3 is 19.3 Å². The lowest BCUT2D eigenvalue weighted by Crippen LogP contribution is -2.54. The van der Waals surface area contributed by atoms with Crippen molar-refractivity contribution in [1.82, 2.24) is 9.47 Å². The summed E-state index contributed by atoms with van der Waals surface area (Å²) >= 11 is 1.07. The number of fused-ring (bicyclic) bond motifs is 1. The normalized spacial score (nSPS) is 19.1. The molecule has 2 aliphatic rings. The summed E-state index contributed by atoms with van der Waals surface area (Å²) in [6.07, 6.45) is -0.780. The number of thiazole rings is 1. The Labute approximate surface area is 165 Å². The minimum absolute atomic E-state index is 0.0685. The monoisotopic (exact) mass is 403 g/mol. The molecule has 2 aromatic rings. The van der Waals surface area contributed by atoms with E-state index in [1.807, 2.05) is 6.07 Å². The Morgan fingerprint density at radius 1 is 1.21 bits per heavy atom. The lowest BCUT2D eigenvalue weighted by Gasteiger charge is -2.37. The van der Waals surface area contributed by atoms with Crippen molar-refractivity contribution >= 4 is 28.8 Å². The predicted octanol–water partition coefficient (Wildman–Crippen LogP) is 0.871. The molecule has 4 rings (SSSR count). The first kappa shape index (κ1) is 18.7. The maximum absolute atomic E-state index is 13.0. The Bertz CT molecular complexity index is 947. The molecule has 0 N–H and O–H groups in total. The van der Waals surface area contributed by atoms with Crippen LogP contribution in [-0.4, -0.2) is 60.2 Å². The largest absolute Gasteiger partial charge is 0.476 e. The minimum atomic E-state index is -0.780. The Hall–Kier alpha value is -2.65. The fourth-order valence-electron chi connectivity index (χ4n) is 3.40. The Morgan fingerprint density at radius 3 is 2.68 bits per heavy atom. The average molecular weight is 403 g/mol. The highest BCUT2D eigenvalue weighted by molar-refractivity contribution is 7.07. The molecule has 3 heterocycles. The summed E-state index contributed by atoms with van der Waals surface area (Å²) in [6, 6.07) is 7.15. The number of benzene rings is 1. The molecule has 148 valence electrons. The minimum Gasteiger partial charge on any atom is -0.476 e. The van der Waals surface area contributed by atoms with Gasteiger partial charge in [0, 0.05) is 24.2 Å². The fraction of sp³-hybridized carbons (Fsp3) is 0.421. The van der Waals surface area contributed by atoms with E-state index in [4.69, 9.17) is 9.47 Å². The van der Waals surface area contributed by atoms with Crippen molar-refractivity contribution in [2.24, 2.45) is 0 Å². The summed E-state index contributed by atoms with van der Waals surface area (Å²) in [6.45, 7) is 3.86. The molecule has 8 nitrogen and oxygen atoms in total. The Morgan fingerprint density at radius 2 is 1.96 bits per heavy atom. The van der Waals surface area contributed by atoms with Gasteiger partial charge in [-0.05, 0) is 19.1 Å². The topological polar surface area (TPSA) is 81.1 Å². The molecule has 1 atom stereocenters. The van der Waals surface area contributed by atoms with E-state index in [-0.39, 0.29) is 29.8 Å². The Kier molecular flexibility index (Phi) is 5.19. The van der Waals surface area contributed by atoms with Gasteiger partial charge in [0.05, 0.1) is 25.4 Å². The van der Waals surface area contributed by atoms with Gasteiger partial charge in [-0.3, -0.25) is 19.0 Å². The molecular formula is C19H21N3O5S. The molecule has 1 aromatic carbocycles. The second-order valence-electron chi connectivity index (χ2n) is 6.75. The van der Waals surface area contributed by atoms with Gasteiger partial charge in [0.25, 0.3) is 5.91 Å². The number of carbonyl (C=O) groups excluding carboxylic acids is 2. The summed E-state index contributed by atoms with van der Waals surface area (Å²) in [5.41, 5.74) is 1.35. The molecule has 1 aromatic heterocycles. The quantitative estimate of drug-likeness (QED) is 0.760. The van der Waals surface area contributed by atoms with E-state index in [0.717, 1.165) is 17.0 Å². The number of aryl methyl sites for hydroxylation is 1. The van der Waals surface area contributed by atoms with Gasteiger partial charge in [0.1, 0.15) is 12.3 Å². The zero-order chi connectivity index (χ0) is 19.7. The van der Waals surface area contributed by atoms with Crippen molar-refractivity contribution in [3.63, 3.8) is 0 Å². The van der Waals surface area contributed by atoms with Crippen LogP contribution in [0.1, 0.15) is 5.69 Å². The van der Waals surface area contributed by atoms with Gasteiger partial charge in [-0.15, -0.1) is 0 Å². The third kappa shape index (κ3) is 3.55. The van der Waals surface area contributed by atoms with E-state index < -0.39 is 6.10 Å². The van der Waals surface area contributed by atoms with E-state index in [0.29, 0.717) is 37.7 Å². The summed E-state index contributed by atoms with van der Waals surface area (Å²) in [5.74, 6) is 0.0849. The van der Waals surface area contributed by atoms with Gasteiger partial charge in [-0.1, -0.05) is 23.5 Å². The number of hydrogen-bond donors (Lipinski definition) is 0. The van der Waals surface area contributed by atoms with E-state index >= 15 is 0 Å². The number of carbonyl (C=O) groups is 2. The molecule has 28 heavy (non-hydrogen) atoms. The van der Waals surface area contributed by atoms with Crippen molar-refractivity contribution in [3.8, 4) is 5.75 Å². The molecule has 0 radical (unpaired) electrons. The third-order valence-electron chi connectivity index (χ3n) is 4.94. The first-order valence-electron chi connectivity index (χ1n) is 9.12.